The molecule has 3 aromatic heterocycles. The minimum Gasteiger partial charge on any atom is -0.408 e. The summed E-state index contributed by atoms with van der Waals surface area (Å²) in [5.74, 6) is 0.391. The van der Waals surface area contributed by atoms with Gasteiger partial charge in [0.1, 0.15) is 0 Å². The fourth-order valence-corrected chi connectivity index (χ4v) is 5.03. The second-order valence-electron chi connectivity index (χ2n) is 6.97. The molecule has 4 heterocycles. The zero-order valence-electron chi connectivity index (χ0n) is 15.9. The van der Waals surface area contributed by atoms with E-state index in [9.17, 15) is 9.59 Å². The number of oxazole rings is 1. The van der Waals surface area contributed by atoms with Crippen molar-refractivity contribution in [2.75, 3.05) is 12.4 Å². The lowest BCUT2D eigenvalue weighted by Gasteiger charge is -2.14. The minimum absolute atomic E-state index is 0.0740. The molecule has 0 amide bonds. The second kappa shape index (κ2) is 8.21. The van der Waals surface area contributed by atoms with Gasteiger partial charge in [0, 0.05) is 12.2 Å². The summed E-state index contributed by atoms with van der Waals surface area (Å²) in [5.41, 5.74) is 1.43. The predicted molar refractivity (Wildman–Crippen MR) is 114 cm³/mol. The smallest absolute Gasteiger partial charge is 0.408 e. The third-order valence-electron chi connectivity index (χ3n) is 4.94. The number of ketones is 1. The molecule has 0 bridgehead atoms. The fourth-order valence-electron chi connectivity index (χ4n) is 3.47. The van der Waals surface area contributed by atoms with Crippen LogP contribution in [0.15, 0.2) is 50.1 Å². The molecule has 1 saturated heterocycles. The van der Waals surface area contributed by atoms with Gasteiger partial charge in [-0.2, -0.15) is 0 Å². The number of carbonyl (C=O) groups excluding carboxylic acids is 1. The normalized spacial score (nSPS) is 16.5. The van der Waals surface area contributed by atoms with E-state index >= 15 is 0 Å². The second-order valence-corrected chi connectivity index (χ2v) is 8.86. The lowest BCUT2D eigenvalue weighted by atomic mass is 10.1. The topological polar surface area (TPSA) is 103 Å². The molecule has 1 fully saturated rings. The molecule has 0 aliphatic carbocycles. The summed E-state index contributed by atoms with van der Waals surface area (Å²) >= 11 is 2.96. The summed E-state index contributed by atoms with van der Waals surface area (Å²) in [5, 5.41) is 11.4. The van der Waals surface area contributed by atoms with Crippen LogP contribution < -0.4 is 5.76 Å². The lowest BCUT2D eigenvalue weighted by molar-refractivity contribution is 0.0953. The van der Waals surface area contributed by atoms with Crippen LogP contribution in [0.4, 0.5) is 0 Å². The van der Waals surface area contributed by atoms with Gasteiger partial charge < -0.3 is 9.15 Å². The maximum atomic E-state index is 12.7. The molecule has 0 spiro atoms. The van der Waals surface area contributed by atoms with E-state index < -0.39 is 5.76 Å². The summed E-state index contributed by atoms with van der Waals surface area (Å²) in [4.78, 5) is 27.7. The number of rotatable bonds is 7. The van der Waals surface area contributed by atoms with Gasteiger partial charge in [-0.15, -0.1) is 21.5 Å². The van der Waals surface area contributed by atoms with Crippen molar-refractivity contribution >= 4 is 40.0 Å². The average Bonchev–Trinajstić information content (AvgIpc) is 3.52. The third kappa shape index (κ3) is 3.85. The molecular formula is C20H18N4O4S2. The van der Waals surface area contributed by atoms with E-state index in [0.29, 0.717) is 28.4 Å². The van der Waals surface area contributed by atoms with Gasteiger partial charge >= 0.3 is 5.76 Å². The van der Waals surface area contributed by atoms with Crippen LogP contribution in [-0.4, -0.2) is 44.0 Å². The van der Waals surface area contributed by atoms with Crippen molar-refractivity contribution in [3.8, 4) is 10.7 Å². The molecule has 154 valence electrons. The van der Waals surface area contributed by atoms with Gasteiger partial charge in [-0.3, -0.25) is 14.3 Å². The predicted octanol–water partition coefficient (Wildman–Crippen LogP) is 3.60. The molecular weight excluding hydrogens is 424 g/mol. The van der Waals surface area contributed by atoms with E-state index in [4.69, 9.17) is 9.15 Å². The van der Waals surface area contributed by atoms with E-state index in [1.54, 1.807) is 29.5 Å². The molecule has 0 radical (unpaired) electrons. The van der Waals surface area contributed by atoms with Gasteiger partial charge in [-0.25, -0.2) is 4.79 Å². The highest BCUT2D eigenvalue weighted by molar-refractivity contribution is 7.99. The molecule has 1 aliphatic rings. The van der Waals surface area contributed by atoms with Gasteiger partial charge in [-0.1, -0.05) is 17.8 Å². The van der Waals surface area contributed by atoms with Crippen LogP contribution in [0.1, 0.15) is 23.2 Å². The van der Waals surface area contributed by atoms with Crippen LogP contribution in [-0.2, 0) is 11.3 Å². The number of fused-ring (bicyclic) bond motifs is 1. The summed E-state index contributed by atoms with van der Waals surface area (Å²) in [6.45, 7) is 1.44. The number of Topliss-reactive ketones (excluding diaryl/α,β-unsaturated/α-hetero) is 1. The van der Waals surface area contributed by atoms with E-state index in [0.717, 1.165) is 30.2 Å². The molecule has 0 saturated carbocycles. The monoisotopic (exact) mass is 442 g/mol. The van der Waals surface area contributed by atoms with Crippen LogP contribution in [0.25, 0.3) is 21.8 Å². The summed E-state index contributed by atoms with van der Waals surface area (Å²) in [6.07, 6.45) is 2.20. The number of aromatic nitrogens is 4. The highest BCUT2D eigenvalue weighted by Crippen LogP contribution is 2.29. The zero-order valence-corrected chi connectivity index (χ0v) is 17.5. The van der Waals surface area contributed by atoms with Gasteiger partial charge in [0.25, 0.3) is 0 Å². The molecule has 8 nitrogen and oxygen atoms in total. The summed E-state index contributed by atoms with van der Waals surface area (Å²) < 4.78 is 12.9. The largest absolute Gasteiger partial charge is 0.417 e. The average molecular weight is 443 g/mol. The lowest BCUT2D eigenvalue weighted by Crippen LogP contribution is -2.17. The Morgan fingerprint density at radius 3 is 3.07 bits per heavy atom. The molecule has 1 N–H and O–H groups in total. The highest BCUT2D eigenvalue weighted by atomic mass is 32.2. The van der Waals surface area contributed by atoms with Crippen LogP contribution in [0, 0.1) is 0 Å². The molecule has 0 unspecified atom stereocenters. The Bertz CT molecular complexity index is 1240. The van der Waals surface area contributed by atoms with Crippen molar-refractivity contribution in [2.24, 2.45) is 0 Å². The number of ether oxygens (including phenoxy) is 1. The number of carbonyl (C=O) groups is 1. The van der Waals surface area contributed by atoms with Crippen molar-refractivity contribution in [3.63, 3.8) is 0 Å². The van der Waals surface area contributed by atoms with Gasteiger partial charge in [-0.05, 0) is 42.5 Å². The van der Waals surface area contributed by atoms with Gasteiger partial charge in [0.15, 0.2) is 22.3 Å². The van der Waals surface area contributed by atoms with E-state index in [1.807, 2.05) is 22.1 Å². The maximum absolute atomic E-state index is 12.7. The van der Waals surface area contributed by atoms with Crippen LogP contribution in [0.5, 0.6) is 0 Å². The molecule has 30 heavy (non-hydrogen) atoms. The van der Waals surface area contributed by atoms with Crippen molar-refractivity contribution in [3.05, 3.63) is 51.8 Å². The minimum atomic E-state index is -0.535. The molecule has 10 heteroatoms. The maximum Gasteiger partial charge on any atom is 0.417 e. The van der Waals surface area contributed by atoms with Gasteiger partial charge in [0.2, 0.25) is 0 Å². The first kappa shape index (κ1) is 19.3. The first-order valence-electron chi connectivity index (χ1n) is 9.55. The number of aromatic amines is 1. The van der Waals surface area contributed by atoms with Crippen molar-refractivity contribution in [2.45, 2.75) is 30.6 Å². The van der Waals surface area contributed by atoms with E-state index in [-0.39, 0.29) is 17.6 Å². The Balaban J connectivity index is 1.36. The summed E-state index contributed by atoms with van der Waals surface area (Å²) in [6, 6.07) is 8.94. The first-order chi connectivity index (χ1) is 14.7. The number of hydrogen-bond donors (Lipinski definition) is 1. The SMILES string of the molecule is O=C(CSc1nnc(-c2cccs2)n1C[C@@H]1CCCO1)c1ccc2[nH]c(=O)oc2c1. The third-order valence-corrected chi connectivity index (χ3v) is 6.78. The molecule has 1 aromatic carbocycles. The standard InChI is InChI=1S/C20H18N4O4S2/c25-15(12-5-6-14-16(9-12)28-20(26)21-14)11-30-19-23-22-18(17-4-2-8-29-17)24(19)10-13-3-1-7-27-13/h2,4-6,8-9,13H,1,3,7,10-11H2,(H,21,26)/t13-/m0/s1. The van der Waals surface area contributed by atoms with Gasteiger partial charge in [0.05, 0.1) is 28.8 Å². The molecule has 5 rings (SSSR count). The van der Waals surface area contributed by atoms with E-state index in [1.165, 1.54) is 11.8 Å². The van der Waals surface area contributed by atoms with Crippen LogP contribution in [0.3, 0.4) is 0 Å². The van der Waals surface area contributed by atoms with Crippen LogP contribution >= 0.6 is 23.1 Å². The zero-order chi connectivity index (χ0) is 20.5. The quantitative estimate of drug-likeness (QED) is 0.345. The summed E-state index contributed by atoms with van der Waals surface area (Å²) in [7, 11) is 0. The fraction of sp³-hybridized carbons (Fsp3) is 0.300. The van der Waals surface area contributed by atoms with E-state index in [2.05, 4.69) is 15.2 Å². The Morgan fingerprint density at radius 2 is 2.27 bits per heavy atom. The Morgan fingerprint density at radius 1 is 1.33 bits per heavy atom. The van der Waals surface area contributed by atoms with Crippen molar-refractivity contribution in [1.29, 1.82) is 0 Å². The Labute approximate surface area is 179 Å². The van der Waals surface area contributed by atoms with Crippen molar-refractivity contribution < 1.29 is 13.9 Å². The van der Waals surface area contributed by atoms with Crippen LogP contribution in [0.2, 0.25) is 0 Å². The molecule has 1 atom stereocenters. The number of benzene rings is 1. The first-order valence-corrected chi connectivity index (χ1v) is 11.4. The van der Waals surface area contributed by atoms with Crippen molar-refractivity contribution in [1.82, 2.24) is 19.7 Å². The number of thiophene rings is 1. The Kier molecular flexibility index (Phi) is 5.28. The number of nitrogens with one attached hydrogen (secondary N) is 1. The number of hydrogen-bond acceptors (Lipinski definition) is 8. The highest BCUT2D eigenvalue weighted by Gasteiger charge is 2.23. The molecule has 1 aliphatic heterocycles. The number of thioether (sulfide) groups is 1. The number of nitrogens with zero attached hydrogens (tertiary/aromatic N) is 3. The molecule has 4 aromatic rings. The Hall–Kier alpha value is -2.69. The number of H-pyrrole nitrogens is 1.